The number of hydrogen-bond donors (Lipinski definition) is 1. The smallest absolute Gasteiger partial charge is 0.232 e. The summed E-state index contributed by atoms with van der Waals surface area (Å²) in [4.78, 5) is 12.0. The van der Waals surface area contributed by atoms with Crippen molar-refractivity contribution in [2.75, 3.05) is 11.9 Å². The van der Waals surface area contributed by atoms with Gasteiger partial charge in [0, 0.05) is 7.05 Å². The molecule has 106 valence electrons. The van der Waals surface area contributed by atoms with Crippen LogP contribution in [0.2, 0.25) is 0 Å². The Kier molecular flexibility index (Phi) is 4.65. The van der Waals surface area contributed by atoms with E-state index >= 15 is 0 Å². The number of hydrogen-bond acceptors (Lipinski definition) is 5. The molecule has 0 bridgehead atoms. The molecular formula is C13H17N5O2. The highest BCUT2D eigenvalue weighted by Gasteiger charge is 2.11. The van der Waals surface area contributed by atoms with Crippen molar-refractivity contribution in [3.05, 3.63) is 30.1 Å². The molecule has 0 atom stereocenters. The predicted molar refractivity (Wildman–Crippen MR) is 73.4 cm³/mol. The van der Waals surface area contributed by atoms with Gasteiger partial charge in [0.15, 0.2) is 5.82 Å². The van der Waals surface area contributed by atoms with Crippen molar-refractivity contribution >= 4 is 11.6 Å². The van der Waals surface area contributed by atoms with Crippen LogP contribution in [0.1, 0.15) is 19.2 Å². The topological polar surface area (TPSA) is 81.9 Å². The first-order valence-electron chi connectivity index (χ1n) is 6.43. The quantitative estimate of drug-likeness (QED) is 0.856. The second kappa shape index (κ2) is 6.65. The van der Waals surface area contributed by atoms with Crippen LogP contribution in [-0.2, 0) is 18.3 Å². The van der Waals surface area contributed by atoms with Crippen molar-refractivity contribution in [1.82, 2.24) is 20.2 Å². The molecule has 1 amide bonds. The van der Waals surface area contributed by atoms with E-state index in [2.05, 4.69) is 20.8 Å². The number of amides is 1. The van der Waals surface area contributed by atoms with Gasteiger partial charge in [0.1, 0.15) is 5.75 Å². The Hall–Kier alpha value is -2.44. The van der Waals surface area contributed by atoms with Crippen LogP contribution in [-0.4, -0.2) is 32.7 Å². The molecule has 7 nitrogen and oxygen atoms in total. The van der Waals surface area contributed by atoms with E-state index in [-0.39, 0.29) is 12.3 Å². The van der Waals surface area contributed by atoms with Crippen molar-refractivity contribution in [2.45, 2.75) is 19.8 Å². The lowest BCUT2D eigenvalue weighted by atomic mass is 10.2. The Morgan fingerprint density at radius 1 is 1.40 bits per heavy atom. The highest BCUT2D eigenvalue weighted by atomic mass is 16.5. The van der Waals surface area contributed by atoms with Crippen molar-refractivity contribution in [3.8, 4) is 5.75 Å². The summed E-state index contributed by atoms with van der Waals surface area (Å²) in [6.07, 6.45) is 1.03. The van der Waals surface area contributed by atoms with Crippen LogP contribution in [0.25, 0.3) is 0 Å². The summed E-state index contributed by atoms with van der Waals surface area (Å²) < 4.78 is 7.06. The summed E-state index contributed by atoms with van der Waals surface area (Å²) in [5.74, 6) is 0.990. The van der Waals surface area contributed by atoms with E-state index in [1.165, 1.54) is 4.68 Å². The van der Waals surface area contributed by atoms with Crippen molar-refractivity contribution in [3.63, 3.8) is 0 Å². The second-order valence-electron chi connectivity index (χ2n) is 4.29. The molecule has 0 fully saturated rings. The highest BCUT2D eigenvalue weighted by molar-refractivity contribution is 5.93. The fourth-order valence-corrected chi connectivity index (χ4v) is 1.64. The SMILES string of the molecule is CCCOc1ccccc1NC(=O)Cc1nnnn1C. The van der Waals surface area contributed by atoms with Gasteiger partial charge in [0.05, 0.1) is 18.7 Å². The van der Waals surface area contributed by atoms with Gasteiger partial charge in [-0.3, -0.25) is 4.79 Å². The van der Waals surface area contributed by atoms with E-state index in [1.807, 2.05) is 25.1 Å². The third-order valence-electron chi connectivity index (χ3n) is 2.65. The minimum Gasteiger partial charge on any atom is -0.491 e. The monoisotopic (exact) mass is 275 g/mol. The van der Waals surface area contributed by atoms with Gasteiger partial charge in [-0.15, -0.1) is 5.10 Å². The first-order chi connectivity index (χ1) is 9.70. The Morgan fingerprint density at radius 2 is 2.20 bits per heavy atom. The van der Waals surface area contributed by atoms with E-state index in [1.54, 1.807) is 13.1 Å². The normalized spacial score (nSPS) is 10.3. The number of rotatable bonds is 6. The second-order valence-corrected chi connectivity index (χ2v) is 4.29. The fourth-order valence-electron chi connectivity index (χ4n) is 1.64. The largest absolute Gasteiger partial charge is 0.491 e. The van der Waals surface area contributed by atoms with E-state index < -0.39 is 0 Å². The van der Waals surface area contributed by atoms with Gasteiger partial charge >= 0.3 is 0 Å². The lowest BCUT2D eigenvalue weighted by Crippen LogP contribution is -2.17. The molecule has 0 aliphatic heterocycles. The number of ether oxygens (including phenoxy) is 1. The molecule has 2 rings (SSSR count). The first kappa shape index (κ1) is 14.0. The first-order valence-corrected chi connectivity index (χ1v) is 6.43. The van der Waals surface area contributed by atoms with Crippen molar-refractivity contribution in [2.24, 2.45) is 7.05 Å². The summed E-state index contributed by atoms with van der Waals surface area (Å²) in [5, 5.41) is 13.8. The van der Waals surface area contributed by atoms with Gasteiger partial charge in [-0.2, -0.15) is 0 Å². The van der Waals surface area contributed by atoms with Crippen LogP contribution >= 0.6 is 0 Å². The van der Waals surface area contributed by atoms with Gasteiger partial charge in [0.2, 0.25) is 5.91 Å². The molecule has 0 aliphatic rings. The molecule has 1 heterocycles. The highest BCUT2D eigenvalue weighted by Crippen LogP contribution is 2.23. The zero-order valence-electron chi connectivity index (χ0n) is 11.5. The summed E-state index contributed by atoms with van der Waals surface area (Å²) in [6, 6.07) is 7.35. The maximum Gasteiger partial charge on any atom is 0.232 e. The van der Waals surface area contributed by atoms with Crippen LogP contribution in [0.3, 0.4) is 0 Å². The predicted octanol–water partition coefficient (Wildman–Crippen LogP) is 1.18. The van der Waals surface area contributed by atoms with Crippen LogP contribution < -0.4 is 10.1 Å². The van der Waals surface area contributed by atoms with E-state index in [0.717, 1.165) is 6.42 Å². The molecule has 0 unspecified atom stereocenters. The minimum absolute atomic E-state index is 0.117. The number of benzene rings is 1. The zero-order chi connectivity index (χ0) is 14.4. The average Bonchev–Trinajstić information content (AvgIpc) is 2.83. The number of tetrazole rings is 1. The molecule has 1 aromatic heterocycles. The molecule has 0 spiro atoms. The molecule has 0 radical (unpaired) electrons. The third-order valence-corrected chi connectivity index (χ3v) is 2.65. The van der Waals surface area contributed by atoms with Gasteiger partial charge in [-0.05, 0) is 29.0 Å². The van der Waals surface area contributed by atoms with Gasteiger partial charge in [0.25, 0.3) is 0 Å². The molecule has 7 heteroatoms. The number of aromatic nitrogens is 4. The zero-order valence-corrected chi connectivity index (χ0v) is 11.5. The number of aryl methyl sites for hydroxylation is 1. The molecule has 0 saturated carbocycles. The van der Waals surface area contributed by atoms with Gasteiger partial charge in [-0.25, -0.2) is 4.68 Å². The molecular weight excluding hydrogens is 258 g/mol. The Bertz CT molecular complexity index is 582. The molecule has 1 aromatic carbocycles. The number of nitrogens with zero attached hydrogens (tertiary/aromatic N) is 4. The van der Waals surface area contributed by atoms with Gasteiger partial charge in [-0.1, -0.05) is 19.1 Å². The molecule has 1 N–H and O–H groups in total. The number of nitrogens with one attached hydrogen (secondary N) is 1. The maximum atomic E-state index is 12.0. The number of carbonyl (C=O) groups is 1. The standard InChI is InChI=1S/C13H17N5O2/c1-3-8-20-11-7-5-4-6-10(11)14-13(19)9-12-15-16-17-18(12)2/h4-7H,3,8-9H2,1-2H3,(H,14,19). The summed E-state index contributed by atoms with van der Waals surface area (Å²) >= 11 is 0. The van der Waals surface area contributed by atoms with Crippen LogP contribution in [0.4, 0.5) is 5.69 Å². The number of anilines is 1. The minimum atomic E-state index is -0.185. The molecule has 0 aliphatic carbocycles. The van der Waals surface area contributed by atoms with Crippen LogP contribution in [0.15, 0.2) is 24.3 Å². The van der Waals surface area contributed by atoms with Gasteiger partial charge < -0.3 is 10.1 Å². The lowest BCUT2D eigenvalue weighted by molar-refractivity contribution is -0.115. The fraction of sp³-hybridized carbons (Fsp3) is 0.385. The Labute approximate surface area is 116 Å². The van der Waals surface area contributed by atoms with Crippen molar-refractivity contribution in [1.29, 1.82) is 0 Å². The maximum absolute atomic E-state index is 12.0. The molecule has 0 saturated heterocycles. The van der Waals surface area contributed by atoms with E-state index in [9.17, 15) is 4.79 Å². The van der Waals surface area contributed by atoms with E-state index in [0.29, 0.717) is 23.9 Å². The summed E-state index contributed by atoms with van der Waals surface area (Å²) in [6.45, 7) is 2.64. The van der Waals surface area contributed by atoms with Crippen LogP contribution in [0.5, 0.6) is 5.75 Å². The average molecular weight is 275 g/mol. The Morgan fingerprint density at radius 3 is 2.90 bits per heavy atom. The number of carbonyl (C=O) groups excluding carboxylic acids is 1. The molecule has 20 heavy (non-hydrogen) atoms. The Balaban J connectivity index is 2.02. The van der Waals surface area contributed by atoms with Crippen LogP contribution in [0, 0.1) is 0 Å². The van der Waals surface area contributed by atoms with E-state index in [4.69, 9.17) is 4.74 Å². The summed E-state index contributed by atoms with van der Waals surface area (Å²) in [7, 11) is 1.70. The van der Waals surface area contributed by atoms with Crippen molar-refractivity contribution < 1.29 is 9.53 Å². The summed E-state index contributed by atoms with van der Waals surface area (Å²) in [5.41, 5.74) is 0.654. The third kappa shape index (κ3) is 3.53. The lowest BCUT2D eigenvalue weighted by Gasteiger charge is -2.11. The molecule has 2 aromatic rings. The number of para-hydroxylation sites is 2.